The molecule has 2 aliphatic rings. The molecule has 0 unspecified atom stereocenters. The van der Waals surface area contributed by atoms with Gasteiger partial charge in [0.25, 0.3) is 5.91 Å². The third-order valence-electron chi connectivity index (χ3n) is 4.11. The molecule has 1 aliphatic heterocycles. The van der Waals surface area contributed by atoms with E-state index in [9.17, 15) is 9.59 Å². The summed E-state index contributed by atoms with van der Waals surface area (Å²) in [6.45, 7) is 0. The Balaban J connectivity index is 1.84. The standard InChI is InChI=1S/C14H16N2O2/c17-12-14(16-13(18)15-12)8-4-7-11(14)9-10-5-2-1-3-6-10/h1-3,5-6,11H,4,7-9H2,(H2,15,16,17,18)/t11-,14+/m1/s1. The van der Waals surface area contributed by atoms with Crippen molar-refractivity contribution in [2.75, 3.05) is 0 Å². The molecule has 0 bridgehead atoms. The maximum absolute atomic E-state index is 12.0. The fraction of sp³-hybridized carbons (Fsp3) is 0.429. The zero-order valence-corrected chi connectivity index (χ0v) is 10.1. The van der Waals surface area contributed by atoms with Crippen LogP contribution in [0.15, 0.2) is 30.3 Å². The fourth-order valence-corrected chi connectivity index (χ4v) is 3.22. The number of amides is 3. The van der Waals surface area contributed by atoms with E-state index in [2.05, 4.69) is 22.8 Å². The van der Waals surface area contributed by atoms with Gasteiger partial charge >= 0.3 is 6.03 Å². The summed E-state index contributed by atoms with van der Waals surface area (Å²) in [4.78, 5) is 23.4. The Morgan fingerprint density at radius 1 is 1.22 bits per heavy atom. The summed E-state index contributed by atoms with van der Waals surface area (Å²) in [6.07, 6.45) is 3.57. The molecule has 4 heteroatoms. The summed E-state index contributed by atoms with van der Waals surface area (Å²) >= 11 is 0. The molecule has 4 nitrogen and oxygen atoms in total. The first-order chi connectivity index (χ1) is 8.71. The lowest BCUT2D eigenvalue weighted by atomic mass is 9.83. The normalized spacial score (nSPS) is 30.6. The monoisotopic (exact) mass is 244 g/mol. The highest BCUT2D eigenvalue weighted by atomic mass is 16.2. The smallest absolute Gasteiger partial charge is 0.322 e. The molecular formula is C14H16N2O2. The van der Waals surface area contributed by atoms with E-state index in [0.717, 1.165) is 25.7 Å². The van der Waals surface area contributed by atoms with Crippen LogP contribution in [0, 0.1) is 5.92 Å². The van der Waals surface area contributed by atoms with Crippen molar-refractivity contribution in [1.29, 1.82) is 0 Å². The van der Waals surface area contributed by atoms with Crippen LogP contribution in [0.3, 0.4) is 0 Å². The molecule has 94 valence electrons. The summed E-state index contributed by atoms with van der Waals surface area (Å²) in [5, 5.41) is 5.23. The minimum Gasteiger partial charge on any atom is -0.323 e. The molecule has 2 N–H and O–H groups in total. The van der Waals surface area contributed by atoms with Gasteiger partial charge in [-0.1, -0.05) is 36.8 Å². The van der Waals surface area contributed by atoms with E-state index in [1.165, 1.54) is 5.56 Å². The SMILES string of the molecule is O=C1NC(=O)[C@@]2(CCC[C@@H]2Cc2ccccc2)N1. The zero-order chi connectivity index (χ0) is 12.6. The summed E-state index contributed by atoms with van der Waals surface area (Å²) in [5.41, 5.74) is 0.560. The number of hydrogen-bond acceptors (Lipinski definition) is 2. The molecule has 18 heavy (non-hydrogen) atoms. The van der Waals surface area contributed by atoms with Gasteiger partial charge in [-0.15, -0.1) is 0 Å². The van der Waals surface area contributed by atoms with Gasteiger partial charge in [0.15, 0.2) is 0 Å². The van der Waals surface area contributed by atoms with Gasteiger partial charge in [0.2, 0.25) is 0 Å². The number of carbonyl (C=O) groups excluding carboxylic acids is 2. The zero-order valence-electron chi connectivity index (χ0n) is 10.1. The van der Waals surface area contributed by atoms with Crippen molar-refractivity contribution < 1.29 is 9.59 Å². The van der Waals surface area contributed by atoms with E-state index in [4.69, 9.17) is 0 Å². The fourth-order valence-electron chi connectivity index (χ4n) is 3.22. The Morgan fingerprint density at radius 3 is 2.67 bits per heavy atom. The molecule has 0 radical (unpaired) electrons. The quantitative estimate of drug-likeness (QED) is 0.776. The number of hydrogen-bond donors (Lipinski definition) is 2. The Hall–Kier alpha value is -1.84. The van der Waals surface area contributed by atoms with Gasteiger partial charge < -0.3 is 5.32 Å². The Kier molecular flexibility index (Phi) is 2.58. The van der Waals surface area contributed by atoms with Gasteiger partial charge in [-0.3, -0.25) is 10.1 Å². The number of urea groups is 1. The van der Waals surface area contributed by atoms with Crippen molar-refractivity contribution in [3.63, 3.8) is 0 Å². The van der Waals surface area contributed by atoms with E-state index in [-0.39, 0.29) is 17.9 Å². The third kappa shape index (κ3) is 1.68. The van der Waals surface area contributed by atoms with Crippen LogP contribution in [0.1, 0.15) is 24.8 Å². The summed E-state index contributed by atoms with van der Waals surface area (Å²) in [6, 6.07) is 9.79. The average molecular weight is 244 g/mol. The van der Waals surface area contributed by atoms with Crippen molar-refractivity contribution in [2.45, 2.75) is 31.2 Å². The minimum absolute atomic E-state index is 0.147. The molecule has 1 aromatic rings. The van der Waals surface area contributed by atoms with Gasteiger partial charge in [0.05, 0.1) is 0 Å². The van der Waals surface area contributed by atoms with Crippen LogP contribution >= 0.6 is 0 Å². The number of benzene rings is 1. The molecule has 2 fully saturated rings. The maximum Gasteiger partial charge on any atom is 0.322 e. The number of nitrogens with one attached hydrogen (secondary N) is 2. The third-order valence-corrected chi connectivity index (χ3v) is 4.11. The minimum atomic E-state index is -0.660. The molecule has 1 saturated carbocycles. The second kappa shape index (κ2) is 4.12. The lowest BCUT2D eigenvalue weighted by molar-refractivity contribution is -0.125. The van der Waals surface area contributed by atoms with Gasteiger partial charge in [-0.2, -0.15) is 0 Å². The van der Waals surface area contributed by atoms with Crippen LogP contribution in [0.25, 0.3) is 0 Å². The van der Waals surface area contributed by atoms with Crippen LogP contribution in [0.2, 0.25) is 0 Å². The van der Waals surface area contributed by atoms with Crippen LogP contribution < -0.4 is 10.6 Å². The molecule has 3 amide bonds. The lowest BCUT2D eigenvalue weighted by Gasteiger charge is -2.28. The first kappa shape index (κ1) is 11.3. The van der Waals surface area contributed by atoms with E-state index in [1.54, 1.807) is 0 Å². The highest BCUT2D eigenvalue weighted by Gasteiger charge is 2.53. The molecule has 1 heterocycles. The van der Waals surface area contributed by atoms with E-state index in [0.29, 0.717) is 0 Å². The second-order valence-corrected chi connectivity index (χ2v) is 5.16. The molecule has 1 saturated heterocycles. The van der Waals surface area contributed by atoms with Crippen molar-refractivity contribution in [3.05, 3.63) is 35.9 Å². The number of rotatable bonds is 2. The van der Waals surface area contributed by atoms with Crippen LogP contribution in [-0.2, 0) is 11.2 Å². The Bertz CT molecular complexity index is 486. The van der Waals surface area contributed by atoms with Gasteiger partial charge in [0.1, 0.15) is 5.54 Å². The van der Waals surface area contributed by atoms with Crippen molar-refractivity contribution in [2.24, 2.45) is 5.92 Å². The van der Waals surface area contributed by atoms with Crippen molar-refractivity contribution >= 4 is 11.9 Å². The maximum atomic E-state index is 12.0. The largest absolute Gasteiger partial charge is 0.323 e. The summed E-state index contributed by atoms with van der Waals surface area (Å²) < 4.78 is 0. The van der Waals surface area contributed by atoms with E-state index in [1.807, 2.05) is 18.2 Å². The molecule has 0 aromatic heterocycles. The Morgan fingerprint density at radius 2 is 2.00 bits per heavy atom. The first-order valence-corrected chi connectivity index (χ1v) is 6.38. The first-order valence-electron chi connectivity index (χ1n) is 6.38. The predicted octanol–water partition coefficient (Wildman–Crippen LogP) is 1.61. The van der Waals surface area contributed by atoms with Crippen LogP contribution in [0.5, 0.6) is 0 Å². The average Bonchev–Trinajstić information content (AvgIpc) is 2.87. The second-order valence-electron chi connectivity index (χ2n) is 5.16. The molecule has 1 aromatic carbocycles. The number of imide groups is 1. The summed E-state index contributed by atoms with van der Waals surface area (Å²) in [7, 11) is 0. The van der Waals surface area contributed by atoms with Crippen LogP contribution in [-0.4, -0.2) is 17.5 Å². The molecule has 2 atom stereocenters. The molecule has 3 rings (SSSR count). The van der Waals surface area contributed by atoms with Gasteiger partial charge in [0, 0.05) is 0 Å². The van der Waals surface area contributed by atoms with Gasteiger partial charge in [-0.05, 0) is 30.7 Å². The van der Waals surface area contributed by atoms with E-state index >= 15 is 0 Å². The molecular weight excluding hydrogens is 228 g/mol. The molecule has 1 aliphatic carbocycles. The van der Waals surface area contributed by atoms with E-state index < -0.39 is 5.54 Å². The summed E-state index contributed by atoms with van der Waals surface area (Å²) in [5.74, 6) is 0.0530. The van der Waals surface area contributed by atoms with Crippen molar-refractivity contribution in [1.82, 2.24) is 10.6 Å². The van der Waals surface area contributed by atoms with Gasteiger partial charge in [-0.25, -0.2) is 4.79 Å². The lowest BCUT2D eigenvalue weighted by Crippen LogP contribution is -2.50. The topological polar surface area (TPSA) is 58.2 Å². The number of carbonyl (C=O) groups is 2. The highest BCUT2D eigenvalue weighted by Crippen LogP contribution is 2.39. The predicted molar refractivity (Wildman–Crippen MR) is 66.9 cm³/mol. The van der Waals surface area contributed by atoms with Crippen molar-refractivity contribution in [3.8, 4) is 0 Å². The molecule has 1 spiro atoms. The van der Waals surface area contributed by atoms with Crippen LogP contribution in [0.4, 0.5) is 4.79 Å². The Labute approximate surface area is 106 Å². The highest BCUT2D eigenvalue weighted by molar-refractivity contribution is 6.07.